The molecule has 2 rings (SSSR count). The smallest absolute Gasteiger partial charge is 0.0522 e. The second-order valence-electron chi connectivity index (χ2n) is 3.09. The quantitative estimate of drug-likeness (QED) is 0.751. The van der Waals surface area contributed by atoms with E-state index in [9.17, 15) is 0 Å². The summed E-state index contributed by atoms with van der Waals surface area (Å²) in [5.41, 5.74) is 3.53. The lowest BCUT2D eigenvalue weighted by molar-refractivity contribution is 1.09. The first kappa shape index (κ1) is 7.98. The normalized spacial score (nSPS) is 10.2. The van der Waals surface area contributed by atoms with E-state index in [0.29, 0.717) is 0 Å². The lowest BCUT2D eigenvalue weighted by Crippen LogP contribution is -1.88. The van der Waals surface area contributed by atoms with Gasteiger partial charge < -0.3 is 0 Å². The average molecular weight is 173 g/mol. The maximum Gasteiger partial charge on any atom is 0.0522 e. The standard InChI is InChI=1S/C10H11N3/c1-8-4-9(2-3-11-8)5-10-6-12-13-7-10/h2-4,6-7H,5H2,1H3,(H,12,13). The number of nitrogens with zero attached hydrogens (tertiary/aromatic N) is 2. The molecule has 13 heavy (non-hydrogen) atoms. The van der Waals surface area contributed by atoms with Crippen LogP contribution in [-0.4, -0.2) is 15.2 Å². The molecule has 2 heterocycles. The van der Waals surface area contributed by atoms with Gasteiger partial charge in [0.1, 0.15) is 0 Å². The molecule has 2 aromatic heterocycles. The van der Waals surface area contributed by atoms with Gasteiger partial charge in [-0.15, -0.1) is 0 Å². The Balaban J connectivity index is 2.19. The number of rotatable bonds is 2. The lowest BCUT2D eigenvalue weighted by Gasteiger charge is -1.98. The zero-order chi connectivity index (χ0) is 9.10. The number of hydrogen-bond acceptors (Lipinski definition) is 2. The first-order valence-electron chi connectivity index (χ1n) is 4.24. The SMILES string of the molecule is Cc1cc(Cc2cn[nH]c2)ccn1. The number of aryl methyl sites for hydroxylation is 1. The second kappa shape index (κ2) is 3.39. The van der Waals surface area contributed by atoms with Gasteiger partial charge in [0.25, 0.3) is 0 Å². The van der Waals surface area contributed by atoms with E-state index in [-0.39, 0.29) is 0 Å². The van der Waals surface area contributed by atoms with Crippen LogP contribution in [0.2, 0.25) is 0 Å². The molecule has 1 N–H and O–H groups in total. The average Bonchev–Trinajstić information content (AvgIpc) is 2.57. The van der Waals surface area contributed by atoms with E-state index in [4.69, 9.17) is 0 Å². The minimum Gasteiger partial charge on any atom is -0.285 e. The van der Waals surface area contributed by atoms with Crippen LogP contribution in [0.5, 0.6) is 0 Å². The molecule has 0 radical (unpaired) electrons. The molecule has 0 amide bonds. The van der Waals surface area contributed by atoms with Gasteiger partial charge in [0.15, 0.2) is 0 Å². The molecular weight excluding hydrogens is 162 g/mol. The summed E-state index contributed by atoms with van der Waals surface area (Å²) < 4.78 is 0. The first-order chi connectivity index (χ1) is 6.34. The van der Waals surface area contributed by atoms with Gasteiger partial charge in [-0.3, -0.25) is 10.1 Å². The van der Waals surface area contributed by atoms with Crippen molar-refractivity contribution < 1.29 is 0 Å². The second-order valence-corrected chi connectivity index (χ2v) is 3.09. The number of H-pyrrole nitrogens is 1. The largest absolute Gasteiger partial charge is 0.285 e. The Morgan fingerprint density at radius 1 is 1.38 bits per heavy atom. The number of nitrogens with one attached hydrogen (secondary N) is 1. The van der Waals surface area contributed by atoms with Crippen molar-refractivity contribution in [1.29, 1.82) is 0 Å². The van der Waals surface area contributed by atoms with E-state index >= 15 is 0 Å². The van der Waals surface area contributed by atoms with Gasteiger partial charge in [-0.1, -0.05) is 0 Å². The van der Waals surface area contributed by atoms with Crippen molar-refractivity contribution in [2.24, 2.45) is 0 Å². The van der Waals surface area contributed by atoms with Crippen LogP contribution in [0.3, 0.4) is 0 Å². The third kappa shape index (κ3) is 1.93. The molecule has 0 spiro atoms. The summed E-state index contributed by atoms with van der Waals surface area (Å²) in [4.78, 5) is 4.15. The highest BCUT2D eigenvalue weighted by Crippen LogP contribution is 2.07. The number of pyridine rings is 1. The van der Waals surface area contributed by atoms with Crippen LogP contribution in [0, 0.1) is 6.92 Å². The minimum atomic E-state index is 0.917. The Morgan fingerprint density at radius 2 is 2.31 bits per heavy atom. The molecule has 0 aliphatic carbocycles. The predicted molar refractivity (Wildman–Crippen MR) is 50.4 cm³/mol. The van der Waals surface area contributed by atoms with Crippen LogP contribution < -0.4 is 0 Å². The van der Waals surface area contributed by atoms with Crippen LogP contribution in [0.25, 0.3) is 0 Å². The van der Waals surface area contributed by atoms with Crippen molar-refractivity contribution >= 4 is 0 Å². The van der Waals surface area contributed by atoms with Crippen LogP contribution in [-0.2, 0) is 6.42 Å². The summed E-state index contributed by atoms with van der Waals surface area (Å²) in [7, 11) is 0. The van der Waals surface area contributed by atoms with Gasteiger partial charge in [0.2, 0.25) is 0 Å². The zero-order valence-corrected chi connectivity index (χ0v) is 7.49. The third-order valence-corrected chi connectivity index (χ3v) is 1.92. The van der Waals surface area contributed by atoms with Gasteiger partial charge in [-0.2, -0.15) is 5.10 Å². The van der Waals surface area contributed by atoms with Crippen molar-refractivity contribution in [1.82, 2.24) is 15.2 Å². The summed E-state index contributed by atoms with van der Waals surface area (Å²) >= 11 is 0. The molecule has 3 heteroatoms. The summed E-state index contributed by atoms with van der Waals surface area (Å²) in [6.07, 6.45) is 6.51. The Bertz CT molecular complexity index is 379. The molecule has 0 saturated heterocycles. The summed E-state index contributed by atoms with van der Waals surface area (Å²) in [5, 5.41) is 6.70. The van der Waals surface area contributed by atoms with Crippen LogP contribution in [0.4, 0.5) is 0 Å². The topological polar surface area (TPSA) is 41.6 Å². The summed E-state index contributed by atoms with van der Waals surface area (Å²) in [5.74, 6) is 0. The number of aromatic amines is 1. The molecule has 0 saturated carbocycles. The van der Waals surface area contributed by atoms with Crippen LogP contribution in [0.15, 0.2) is 30.7 Å². The van der Waals surface area contributed by atoms with E-state index in [1.165, 1.54) is 11.1 Å². The highest BCUT2D eigenvalue weighted by Gasteiger charge is 1.97. The fraction of sp³-hybridized carbons (Fsp3) is 0.200. The molecule has 0 aromatic carbocycles. The van der Waals surface area contributed by atoms with Crippen LogP contribution in [0.1, 0.15) is 16.8 Å². The monoisotopic (exact) mass is 173 g/mol. The summed E-state index contributed by atoms with van der Waals surface area (Å²) in [6, 6.07) is 4.12. The number of hydrogen-bond donors (Lipinski definition) is 1. The van der Waals surface area contributed by atoms with E-state index in [2.05, 4.69) is 21.2 Å². The van der Waals surface area contributed by atoms with E-state index in [1.807, 2.05) is 31.6 Å². The first-order valence-corrected chi connectivity index (χ1v) is 4.24. The van der Waals surface area contributed by atoms with Crippen molar-refractivity contribution in [3.05, 3.63) is 47.5 Å². The molecule has 66 valence electrons. The van der Waals surface area contributed by atoms with Gasteiger partial charge in [0.05, 0.1) is 6.20 Å². The van der Waals surface area contributed by atoms with Crippen molar-refractivity contribution in [3.8, 4) is 0 Å². The summed E-state index contributed by atoms with van der Waals surface area (Å²) in [6.45, 7) is 2.00. The van der Waals surface area contributed by atoms with Gasteiger partial charge in [-0.05, 0) is 30.2 Å². The maximum atomic E-state index is 4.15. The maximum absolute atomic E-state index is 4.15. The molecule has 0 atom stereocenters. The van der Waals surface area contributed by atoms with Crippen molar-refractivity contribution in [3.63, 3.8) is 0 Å². The fourth-order valence-corrected chi connectivity index (χ4v) is 1.32. The molecule has 2 aromatic rings. The molecule has 0 bridgehead atoms. The fourth-order valence-electron chi connectivity index (χ4n) is 1.32. The molecule has 0 aliphatic rings. The zero-order valence-electron chi connectivity index (χ0n) is 7.49. The molecule has 0 fully saturated rings. The molecule has 0 unspecified atom stereocenters. The van der Waals surface area contributed by atoms with E-state index < -0.39 is 0 Å². The predicted octanol–water partition coefficient (Wildman–Crippen LogP) is 1.70. The van der Waals surface area contributed by atoms with Crippen molar-refractivity contribution in [2.75, 3.05) is 0 Å². The van der Waals surface area contributed by atoms with E-state index in [1.54, 1.807) is 0 Å². The van der Waals surface area contributed by atoms with Gasteiger partial charge in [-0.25, -0.2) is 0 Å². The van der Waals surface area contributed by atoms with Crippen molar-refractivity contribution in [2.45, 2.75) is 13.3 Å². The highest BCUT2D eigenvalue weighted by atomic mass is 15.1. The third-order valence-electron chi connectivity index (χ3n) is 1.92. The molecule has 3 nitrogen and oxygen atoms in total. The molecule has 0 aliphatic heterocycles. The Morgan fingerprint density at radius 3 is 3.00 bits per heavy atom. The van der Waals surface area contributed by atoms with Crippen LogP contribution >= 0.6 is 0 Å². The van der Waals surface area contributed by atoms with Gasteiger partial charge in [0, 0.05) is 24.5 Å². The minimum absolute atomic E-state index is 0.917. The Hall–Kier alpha value is -1.64. The van der Waals surface area contributed by atoms with E-state index in [0.717, 1.165) is 12.1 Å². The lowest BCUT2D eigenvalue weighted by atomic mass is 10.1. The number of aromatic nitrogens is 3. The molecular formula is C10H11N3. The highest BCUT2D eigenvalue weighted by molar-refractivity contribution is 5.22. The Labute approximate surface area is 76.8 Å². The Kier molecular flexibility index (Phi) is 2.08. The van der Waals surface area contributed by atoms with Gasteiger partial charge >= 0.3 is 0 Å².